The molecule has 0 atom stereocenters. The molecule has 0 saturated heterocycles. The first-order valence-corrected chi connectivity index (χ1v) is 3.97. The molecule has 0 radical (unpaired) electrons. The third kappa shape index (κ3) is 1.98. The van der Waals surface area contributed by atoms with E-state index in [9.17, 15) is 22.0 Å². The van der Waals surface area contributed by atoms with Crippen LogP contribution in [0.15, 0.2) is 0 Å². The zero-order valence-electron chi connectivity index (χ0n) is 4.55. The fraction of sp³-hybridized carbons (Fsp3) is 0.500. The van der Waals surface area contributed by atoms with Crippen molar-refractivity contribution in [2.45, 2.75) is 5.25 Å². The predicted molar refractivity (Wildman–Crippen MR) is 31.7 cm³/mol. The third-order valence-electron chi connectivity index (χ3n) is 0.626. The lowest BCUT2D eigenvalue weighted by atomic mass is 10.8. The number of hydrogen-bond acceptors (Lipinski definition) is 4. The van der Waals surface area contributed by atoms with Gasteiger partial charge in [-0.15, -0.1) is 0 Å². The van der Waals surface area contributed by atoms with E-state index in [-0.39, 0.29) is 0 Å². The maximum absolute atomic E-state index is 12.0. The molecule has 0 unspecified atom stereocenters. The van der Waals surface area contributed by atoms with Gasteiger partial charge in [-0.25, -0.2) is 0 Å². The van der Waals surface area contributed by atoms with Gasteiger partial charge in [-0.3, -0.25) is 4.79 Å². The maximum Gasteiger partial charge on any atom is 0.443 e. The maximum atomic E-state index is 12.0. The van der Waals surface area contributed by atoms with Crippen LogP contribution >= 0.6 is 23.5 Å². The molecule has 0 heterocycles. The molecule has 0 bridgehead atoms. The van der Waals surface area contributed by atoms with E-state index in [1.807, 2.05) is 0 Å². The van der Waals surface area contributed by atoms with Crippen LogP contribution < -0.4 is 0 Å². The quantitative estimate of drug-likeness (QED) is 0.673. The second-order valence-electron chi connectivity index (χ2n) is 1.31. The first kappa shape index (κ1) is 11.0. The summed E-state index contributed by atoms with van der Waals surface area (Å²) in [5, 5.41) is -7.19. The van der Waals surface area contributed by atoms with Gasteiger partial charge in [-0.2, -0.15) is 20.9 Å². The minimum Gasteiger partial charge on any atom is -0.273 e. The van der Waals surface area contributed by atoms with Crippen LogP contribution in [0.3, 0.4) is 0 Å². The van der Waals surface area contributed by atoms with E-state index < -0.39 is 20.6 Å². The summed E-state index contributed by atoms with van der Waals surface area (Å²) in [7, 11) is -5.45. The number of carbonyl (C=O) groups excluding carboxylic acids is 1. The van der Waals surface area contributed by atoms with Crippen molar-refractivity contribution in [3.05, 3.63) is 0 Å². The van der Waals surface area contributed by atoms with Crippen LogP contribution in [0.4, 0.5) is 8.78 Å². The van der Waals surface area contributed by atoms with Crippen molar-refractivity contribution in [2.24, 2.45) is 0 Å². The fourth-order valence-corrected chi connectivity index (χ4v) is 0.934. The molecule has 0 saturated carbocycles. The first-order chi connectivity index (χ1) is 4.75. The topological polar surface area (TPSA) is 60.4 Å². The third-order valence-corrected chi connectivity index (χ3v) is 2.45. The largest absolute Gasteiger partial charge is 0.443 e. The molecular weight excluding hydrogens is 229 g/mol. The fourth-order valence-electron chi connectivity index (χ4n) is 0.138. The van der Waals surface area contributed by atoms with Crippen molar-refractivity contribution in [1.82, 2.24) is 0 Å². The van der Waals surface area contributed by atoms with Gasteiger partial charge in [0.15, 0.2) is 0 Å². The van der Waals surface area contributed by atoms with Crippen molar-refractivity contribution >= 4 is 38.8 Å². The molecule has 0 N–H and O–H groups in total. The zero-order valence-corrected chi connectivity index (χ0v) is 6.88. The number of carbonyl (C=O) groups is 1. The molecule has 0 amide bonds. The first-order valence-electron chi connectivity index (χ1n) is 1.88. The molecule has 0 aliphatic rings. The van der Waals surface area contributed by atoms with Crippen molar-refractivity contribution in [3.63, 3.8) is 0 Å². The van der Waals surface area contributed by atoms with Gasteiger partial charge in [0.1, 0.15) is 0 Å². The van der Waals surface area contributed by atoms with Gasteiger partial charge in [0, 0.05) is 0 Å². The summed E-state index contributed by atoms with van der Waals surface area (Å²) < 4.78 is 47.1. The van der Waals surface area contributed by atoms with Crippen molar-refractivity contribution in [3.8, 4) is 0 Å². The van der Waals surface area contributed by atoms with Crippen molar-refractivity contribution < 1.29 is 25.7 Å². The van der Waals surface area contributed by atoms with Gasteiger partial charge in [0.25, 0.3) is 0 Å². The van der Waals surface area contributed by atoms with Crippen LogP contribution in [0.5, 0.6) is 0 Å². The van der Waals surface area contributed by atoms with Crippen LogP contribution in [-0.4, -0.2) is 18.9 Å². The Kier molecular flexibility index (Phi) is 3.18. The molecule has 0 aliphatic carbocycles. The summed E-state index contributed by atoms with van der Waals surface area (Å²) in [6.07, 6.45) is 0. The van der Waals surface area contributed by atoms with Crippen molar-refractivity contribution in [2.75, 3.05) is 0 Å². The monoisotopic (exact) mass is 228 g/mol. The highest BCUT2D eigenvalue weighted by Crippen LogP contribution is 2.26. The van der Waals surface area contributed by atoms with Gasteiger partial charge < -0.3 is 0 Å². The zero-order chi connectivity index (χ0) is 9.28. The molecule has 0 aromatic heterocycles. The number of hydrogen-bond donors (Lipinski definition) is 0. The van der Waals surface area contributed by atoms with E-state index >= 15 is 0 Å². The van der Waals surface area contributed by atoms with Gasteiger partial charge in [0.2, 0.25) is 0 Å². The molecule has 0 fully saturated rings. The van der Waals surface area contributed by atoms with E-state index in [0.29, 0.717) is 0 Å². The Labute approximate surface area is 70.3 Å². The summed E-state index contributed by atoms with van der Waals surface area (Å²) in [4.78, 5) is 9.77. The number of alkyl halides is 2. The summed E-state index contributed by atoms with van der Waals surface area (Å²) in [6.45, 7) is 0. The summed E-state index contributed by atoms with van der Waals surface area (Å²) >= 11 is 8.37. The van der Waals surface area contributed by atoms with E-state index in [1.54, 1.807) is 0 Å². The molecule has 11 heavy (non-hydrogen) atoms. The summed E-state index contributed by atoms with van der Waals surface area (Å²) in [5.74, 6) is 0. The number of halogens is 4. The molecule has 0 rings (SSSR count). The van der Waals surface area contributed by atoms with Gasteiger partial charge in [0.05, 0.1) is 11.9 Å². The van der Waals surface area contributed by atoms with Gasteiger partial charge in [-0.05, 0) is 11.6 Å². The lowest BCUT2D eigenvalue weighted by molar-refractivity contribution is -0.125. The molecule has 0 aromatic carbocycles. The lowest BCUT2D eigenvalue weighted by Crippen LogP contribution is -2.34. The van der Waals surface area contributed by atoms with Crippen LogP contribution in [0.2, 0.25) is 0 Å². The molecule has 9 heteroatoms. The highest BCUT2D eigenvalue weighted by molar-refractivity contribution is 7.89. The van der Waals surface area contributed by atoms with Gasteiger partial charge in [-0.1, -0.05) is 0 Å². The summed E-state index contributed by atoms with van der Waals surface area (Å²) in [5.41, 5.74) is 0. The van der Waals surface area contributed by atoms with Crippen molar-refractivity contribution in [1.29, 1.82) is 0 Å². The Bertz CT molecular complexity index is 259. The average Bonchev–Trinajstić information content (AvgIpc) is 1.87. The van der Waals surface area contributed by atoms with E-state index in [2.05, 4.69) is 27.2 Å². The molecule has 0 aliphatic heterocycles. The Balaban J connectivity index is 5.01. The highest BCUT2D eigenvalue weighted by atomic mass is 35.5. The Morgan fingerprint density at radius 1 is 1.45 bits per heavy atom. The van der Waals surface area contributed by atoms with E-state index in [0.717, 1.165) is 0 Å². The van der Waals surface area contributed by atoms with Gasteiger partial charge >= 0.3 is 20.6 Å². The van der Waals surface area contributed by atoms with Crippen LogP contribution in [0, 0.1) is 0 Å². The van der Waals surface area contributed by atoms with Crippen LogP contribution in [0.25, 0.3) is 0 Å². The molecule has 4 nitrogen and oxygen atoms in total. The molecular formula is C2Cl2F2O4S. The molecule has 0 aromatic rings. The van der Waals surface area contributed by atoms with E-state index in [4.69, 9.17) is 0 Å². The second-order valence-corrected chi connectivity index (χ2v) is 3.58. The predicted octanol–water partition coefficient (Wildman–Crippen LogP) is 0.845. The Morgan fingerprint density at radius 3 is 1.91 bits per heavy atom. The normalized spacial score (nSPS) is 13.1. The summed E-state index contributed by atoms with van der Waals surface area (Å²) in [6, 6.07) is 0. The highest BCUT2D eigenvalue weighted by Gasteiger charge is 2.53. The number of rotatable bonds is 3. The van der Waals surface area contributed by atoms with Crippen LogP contribution in [-0.2, 0) is 18.6 Å². The molecule has 66 valence electrons. The standard InChI is InChI=1S/C2Cl2F2O4S/c3-1(7)2(5,6)11(8,9)10-4. The minimum absolute atomic E-state index is 2.38. The smallest absolute Gasteiger partial charge is 0.273 e. The second kappa shape index (κ2) is 3.18. The molecule has 0 spiro atoms. The minimum atomic E-state index is -5.45. The van der Waals surface area contributed by atoms with E-state index in [1.165, 1.54) is 0 Å². The Morgan fingerprint density at radius 2 is 1.82 bits per heavy atom. The average molecular weight is 229 g/mol. The lowest BCUT2D eigenvalue weighted by Gasteiger charge is -2.07. The van der Waals surface area contributed by atoms with Crippen LogP contribution in [0.1, 0.15) is 0 Å². The Hall–Kier alpha value is 0.0200. The SMILES string of the molecule is O=C(Cl)C(F)(F)S(=O)(=O)OCl.